The lowest BCUT2D eigenvalue weighted by atomic mass is 10.2. The van der Waals surface area contributed by atoms with Crippen LogP contribution in [0.3, 0.4) is 0 Å². The van der Waals surface area contributed by atoms with Crippen molar-refractivity contribution in [1.82, 2.24) is 9.13 Å². The molecule has 0 saturated carbocycles. The highest BCUT2D eigenvalue weighted by Crippen LogP contribution is 1.98. The van der Waals surface area contributed by atoms with Crippen LogP contribution in [0.25, 0.3) is 0 Å². The summed E-state index contributed by atoms with van der Waals surface area (Å²) in [5.74, 6) is 0. The van der Waals surface area contributed by atoms with Gasteiger partial charge in [0.2, 0.25) is 0 Å². The van der Waals surface area contributed by atoms with Gasteiger partial charge in [-0.2, -0.15) is 5.26 Å². The summed E-state index contributed by atoms with van der Waals surface area (Å²) in [6, 6.07) is 1.80. The van der Waals surface area contributed by atoms with Gasteiger partial charge < -0.3 is 0 Å². The zero-order chi connectivity index (χ0) is 11.6. The van der Waals surface area contributed by atoms with Gasteiger partial charge in [0.05, 0.1) is 0 Å². The van der Waals surface area contributed by atoms with E-state index in [4.69, 9.17) is 5.26 Å². The highest BCUT2D eigenvalue weighted by molar-refractivity contribution is 5.30. The molecule has 0 fully saturated rings. The van der Waals surface area contributed by atoms with Crippen molar-refractivity contribution in [3.05, 3.63) is 44.8 Å². The van der Waals surface area contributed by atoms with Gasteiger partial charge in [-0.25, -0.2) is 4.79 Å². The molecule has 1 aromatic heterocycles. The second kappa shape index (κ2) is 3.96. The van der Waals surface area contributed by atoms with Crippen LogP contribution >= 0.6 is 0 Å². The minimum atomic E-state index is -0.555. The van der Waals surface area contributed by atoms with Gasteiger partial charge >= 0.3 is 5.69 Å². The average Bonchev–Trinajstić information content (AvgIpc) is 2.22. The van der Waals surface area contributed by atoms with Crippen molar-refractivity contribution in [2.24, 2.45) is 7.05 Å². The van der Waals surface area contributed by atoms with Gasteiger partial charge in [-0.05, 0) is 6.92 Å². The fourth-order valence-corrected chi connectivity index (χ4v) is 1.34. The van der Waals surface area contributed by atoms with Gasteiger partial charge in [0.25, 0.3) is 5.56 Å². The maximum atomic E-state index is 11.6. The van der Waals surface area contributed by atoms with Crippen LogP contribution < -0.4 is 11.2 Å². The van der Waals surface area contributed by atoms with Crippen molar-refractivity contribution in [2.75, 3.05) is 0 Å². The van der Waals surface area contributed by atoms with E-state index in [1.807, 2.05) is 0 Å². The van der Waals surface area contributed by atoms with Crippen molar-refractivity contribution >= 4 is 0 Å². The molecule has 5 nitrogen and oxygen atoms in total. The van der Waals surface area contributed by atoms with Crippen molar-refractivity contribution in [3.63, 3.8) is 0 Å². The summed E-state index contributed by atoms with van der Waals surface area (Å²) in [6.07, 6.45) is 1.54. The van der Waals surface area contributed by atoms with Gasteiger partial charge in [-0.3, -0.25) is 13.9 Å². The SMILES string of the molecule is C=CCn1c(C)c(C#N)c(=O)n(C)c1=O. The van der Waals surface area contributed by atoms with E-state index in [2.05, 4.69) is 6.58 Å². The summed E-state index contributed by atoms with van der Waals surface area (Å²) in [5, 5.41) is 8.80. The highest BCUT2D eigenvalue weighted by atomic mass is 16.2. The summed E-state index contributed by atoms with van der Waals surface area (Å²) in [5.41, 5.74) is -0.610. The third-order valence-corrected chi connectivity index (χ3v) is 2.23. The fourth-order valence-electron chi connectivity index (χ4n) is 1.34. The van der Waals surface area contributed by atoms with Crippen molar-refractivity contribution in [3.8, 4) is 6.07 Å². The third kappa shape index (κ3) is 1.62. The van der Waals surface area contributed by atoms with Crippen LogP contribution in [0.4, 0.5) is 0 Å². The van der Waals surface area contributed by atoms with Crippen molar-refractivity contribution in [2.45, 2.75) is 13.5 Å². The molecule has 0 atom stereocenters. The lowest BCUT2D eigenvalue weighted by Crippen LogP contribution is -2.40. The van der Waals surface area contributed by atoms with Crippen LogP contribution in [-0.2, 0) is 13.6 Å². The molecule has 1 aromatic rings. The van der Waals surface area contributed by atoms with E-state index in [0.29, 0.717) is 5.69 Å². The van der Waals surface area contributed by atoms with E-state index in [-0.39, 0.29) is 12.1 Å². The van der Waals surface area contributed by atoms with Gasteiger partial charge in [0.15, 0.2) is 0 Å². The second-order valence-corrected chi connectivity index (χ2v) is 3.12. The minimum absolute atomic E-state index is 0.000972. The van der Waals surface area contributed by atoms with Gasteiger partial charge in [0.1, 0.15) is 11.6 Å². The molecule has 1 rings (SSSR count). The zero-order valence-corrected chi connectivity index (χ0v) is 8.65. The topological polar surface area (TPSA) is 67.8 Å². The fraction of sp³-hybridized carbons (Fsp3) is 0.300. The molecule has 15 heavy (non-hydrogen) atoms. The lowest BCUT2D eigenvalue weighted by molar-refractivity contribution is 0.632. The Bertz CT molecular complexity index is 558. The predicted molar refractivity (Wildman–Crippen MR) is 55.6 cm³/mol. The highest BCUT2D eigenvalue weighted by Gasteiger charge is 2.12. The molecule has 0 spiro atoms. The Labute approximate surface area is 86.5 Å². The lowest BCUT2D eigenvalue weighted by Gasteiger charge is -2.09. The summed E-state index contributed by atoms with van der Waals surface area (Å²) >= 11 is 0. The van der Waals surface area contributed by atoms with E-state index in [1.54, 1.807) is 19.1 Å². The summed E-state index contributed by atoms with van der Waals surface area (Å²) < 4.78 is 2.27. The van der Waals surface area contributed by atoms with Crippen LogP contribution in [-0.4, -0.2) is 9.13 Å². The molecular weight excluding hydrogens is 194 g/mol. The Morgan fingerprint density at radius 2 is 2.13 bits per heavy atom. The van der Waals surface area contributed by atoms with E-state index in [1.165, 1.54) is 11.6 Å². The Hall–Kier alpha value is -2.09. The number of hydrogen-bond donors (Lipinski definition) is 0. The smallest absolute Gasteiger partial charge is 0.293 e. The first-order valence-electron chi connectivity index (χ1n) is 4.36. The van der Waals surface area contributed by atoms with Crippen LogP contribution in [0, 0.1) is 18.3 Å². The van der Waals surface area contributed by atoms with Gasteiger partial charge in [-0.15, -0.1) is 6.58 Å². The molecule has 1 heterocycles. The Morgan fingerprint density at radius 3 is 2.60 bits per heavy atom. The number of nitrogens with zero attached hydrogens (tertiary/aromatic N) is 3. The molecule has 0 radical (unpaired) electrons. The van der Waals surface area contributed by atoms with Crippen LogP contribution in [0.15, 0.2) is 22.2 Å². The molecule has 0 saturated heterocycles. The Morgan fingerprint density at radius 1 is 1.53 bits per heavy atom. The van der Waals surface area contributed by atoms with Gasteiger partial charge in [-0.1, -0.05) is 6.08 Å². The monoisotopic (exact) mass is 205 g/mol. The summed E-state index contributed by atoms with van der Waals surface area (Å²) in [6.45, 7) is 5.38. The van der Waals surface area contributed by atoms with Crippen LogP contribution in [0.5, 0.6) is 0 Å². The van der Waals surface area contributed by atoms with Gasteiger partial charge in [0, 0.05) is 19.3 Å². The summed E-state index contributed by atoms with van der Waals surface area (Å²) in [7, 11) is 1.35. The minimum Gasteiger partial charge on any atom is -0.293 e. The number of rotatable bonds is 2. The van der Waals surface area contributed by atoms with E-state index >= 15 is 0 Å². The maximum Gasteiger partial charge on any atom is 0.331 e. The molecule has 0 amide bonds. The number of nitriles is 1. The number of allylic oxidation sites excluding steroid dienone is 1. The predicted octanol–water partition coefficient (Wildman–Crippen LogP) is -0.0869. The zero-order valence-electron chi connectivity index (χ0n) is 8.65. The Kier molecular flexibility index (Phi) is 2.90. The van der Waals surface area contributed by atoms with E-state index < -0.39 is 11.2 Å². The number of aromatic nitrogens is 2. The molecule has 0 aromatic carbocycles. The van der Waals surface area contributed by atoms with E-state index in [0.717, 1.165) is 4.57 Å². The largest absolute Gasteiger partial charge is 0.331 e. The van der Waals surface area contributed by atoms with Crippen molar-refractivity contribution < 1.29 is 0 Å². The molecule has 0 unspecified atom stereocenters. The molecule has 0 N–H and O–H groups in total. The average molecular weight is 205 g/mol. The quantitative estimate of drug-likeness (QED) is 0.634. The second-order valence-electron chi connectivity index (χ2n) is 3.12. The molecule has 0 aliphatic rings. The Balaban J connectivity index is 3.78. The molecule has 0 aliphatic carbocycles. The number of hydrogen-bond acceptors (Lipinski definition) is 3. The molecule has 5 heteroatoms. The first-order chi connectivity index (χ1) is 7.04. The van der Waals surface area contributed by atoms with Crippen molar-refractivity contribution in [1.29, 1.82) is 5.26 Å². The molecular formula is C10H11N3O2. The normalized spacial score (nSPS) is 9.67. The first-order valence-corrected chi connectivity index (χ1v) is 4.36. The van der Waals surface area contributed by atoms with Crippen LogP contribution in [0.1, 0.15) is 11.3 Å². The first kappa shape index (κ1) is 11.0. The molecule has 78 valence electrons. The third-order valence-electron chi connectivity index (χ3n) is 2.23. The molecule has 0 aliphatic heterocycles. The van der Waals surface area contributed by atoms with E-state index in [9.17, 15) is 9.59 Å². The standard InChI is InChI=1S/C10H11N3O2/c1-4-5-13-7(2)8(6-11)9(14)12(3)10(13)15/h4H,1,5H2,2-3H3. The molecule has 0 bridgehead atoms. The maximum absolute atomic E-state index is 11.6. The summed E-state index contributed by atoms with van der Waals surface area (Å²) in [4.78, 5) is 23.1. The van der Waals surface area contributed by atoms with Crippen LogP contribution in [0.2, 0.25) is 0 Å².